The van der Waals surface area contributed by atoms with Crippen LogP contribution in [0, 0.1) is 3.57 Å². The van der Waals surface area contributed by atoms with Gasteiger partial charge in [0.1, 0.15) is 0 Å². The van der Waals surface area contributed by atoms with Crippen molar-refractivity contribution < 1.29 is 0 Å². The van der Waals surface area contributed by atoms with Gasteiger partial charge in [0.15, 0.2) is 0 Å². The molecule has 0 fully saturated rings. The van der Waals surface area contributed by atoms with Crippen LogP contribution in [-0.4, -0.2) is 19.7 Å². The number of nitrogens with zero attached hydrogens (tertiary/aromatic N) is 3. The molecule has 5 nitrogen and oxygen atoms in total. The molecule has 3 aromatic rings. The normalized spacial score (nSPS) is 10.6. The largest absolute Gasteiger partial charge is 0.288 e. The molecule has 2 aromatic heterocycles. The van der Waals surface area contributed by atoms with Crippen LogP contribution >= 0.6 is 22.6 Å². The number of hydrogen-bond donors (Lipinski definition) is 1. The van der Waals surface area contributed by atoms with Crippen LogP contribution in [0.4, 0.5) is 0 Å². The van der Waals surface area contributed by atoms with Crippen molar-refractivity contribution in [3.8, 4) is 17.2 Å². The number of aromatic amines is 1. The molecule has 0 aliphatic rings. The van der Waals surface area contributed by atoms with Gasteiger partial charge in [-0.05, 0) is 46.4 Å². The van der Waals surface area contributed by atoms with Crippen molar-refractivity contribution in [1.82, 2.24) is 19.7 Å². The number of aromatic nitrogens is 4. The van der Waals surface area contributed by atoms with Crippen LogP contribution in [0.2, 0.25) is 0 Å². The van der Waals surface area contributed by atoms with E-state index in [1.165, 1.54) is 4.68 Å². The van der Waals surface area contributed by atoms with Gasteiger partial charge >= 0.3 is 0 Å². The molecule has 0 atom stereocenters. The predicted octanol–water partition coefficient (Wildman–Crippen LogP) is 2.23. The van der Waals surface area contributed by atoms with Crippen LogP contribution in [0.15, 0.2) is 53.6 Å². The van der Waals surface area contributed by atoms with Crippen LogP contribution in [0.5, 0.6) is 0 Å². The van der Waals surface area contributed by atoms with Gasteiger partial charge < -0.3 is 0 Å². The third-order valence-electron chi connectivity index (χ3n) is 2.63. The molecule has 94 valence electrons. The Morgan fingerprint density at radius 3 is 2.47 bits per heavy atom. The van der Waals surface area contributed by atoms with E-state index in [1.807, 2.05) is 24.3 Å². The molecule has 1 N–H and O–H groups in total. The lowest BCUT2D eigenvalue weighted by atomic mass is 10.2. The van der Waals surface area contributed by atoms with Gasteiger partial charge in [-0.3, -0.25) is 9.89 Å². The molecule has 0 spiro atoms. The summed E-state index contributed by atoms with van der Waals surface area (Å²) >= 11 is 2.24. The highest BCUT2D eigenvalue weighted by Gasteiger charge is 2.08. The zero-order chi connectivity index (χ0) is 13.2. The van der Waals surface area contributed by atoms with Gasteiger partial charge in [0.05, 0.1) is 5.69 Å². The zero-order valence-electron chi connectivity index (χ0n) is 9.75. The minimum absolute atomic E-state index is 0.181. The molecule has 0 amide bonds. The lowest BCUT2D eigenvalue weighted by Gasteiger charge is -2.00. The van der Waals surface area contributed by atoms with Crippen molar-refractivity contribution in [3.63, 3.8) is 0 Å². The van der Waals surface area contributed by atoms with Crippen LogP contribution < -0.4 is 5.56 Å². The van der Waals surface area contributed by atoms with Crippen molar-refractivity contribution >= 4 is 22.6 Å². The number of halogens is 1. The molecule has 0 saturated carbocycles. The standard InChI is InChI=1S/C13H9IN4O/c14-10-4-2-9(3-5-10)11-8-12(19)18(17-11)13-15-6-1-7-16-13/h1-8,17H. The van der Waals surface area contributed by atoms with Gasteiger partial charge in [0.2, 0.25) is 0 Å². The third kappa shape index (κ3) is 2.43. The zero-order valence-corrected chi connectivity index (χ0v) is 11.9. The minimum atomic E-state index is -0.181. The number of rotatable bonds is 2. The SMILES string of the molecule is O=c1cc(-c2ccc(I)cc2)[nH]n1-c1ncccn1. The molecular formula is C13H9IN4O. The van der Waals surface area contributed by atoms with E-state index in [0.717, 1.165) is 14.8 Å². The fourth-order valence-electron chi connectivity index (χ4n) is 1.73. The molecule has 6 heteroatoms. The predicted molar refractivity (Wildman–Crippen MR) is 80.1 cm³/mol. The summed E-state index contributed by atoms with van der Waals surface area (Å²) in [5, 5.41) is 3.01. The molecule has 0 unspecified atom stereocenters. The van der Waals surface area contributed by atoms with Crippen molar-refractivity contribution in [3.05, 3.63) is 62.7 Å². The Morgan fingerprint density at radius 2 is 1.79 bits per heavy atom. The summed E-state index contributed by atoms with van der Waals surface area (Å²) in [6.45, 7) is 0. The van der Waals surface area contributed by atoms with Gasteiger partial charge in [0, 0.05) is 22.0 Å². The highest BCUT2D eigenvalue weighted by atomic mass is 127. The van der Waals surface area contributed by atoms with E-state index >= 15 is 0 Å². The summed E-state index contributed by atoms with van der Waals surface area (Å²) in [6.07, 6.45) is 3.19. The van der Waals surface area contributed by atoms with Crippen molar-refractivity contribution in [2.75, 3.05) is 0 Å². The van der Waals surface area contributed by atoms with E-state index in [2.05, 4.69) is 37.7 Å². The Balaban J connectivity index is 2.07. The van der Waals surface area contributed by atoms with Crippen LogP contribution in [0.1, 0.15) is 0 Å². The van der Waals surface area contributed by atoms with Gasteiger partial charge in [-0.15, -0.1) is 0 Å². The van der Waals surface area contributed by atoms with Crippen LogP contribution in [-0.2, 0) is 0 Å². The molecule has 19 heavy (non-hydrogen) atoms. The van der Waals surface area contributed by atoms with Crippen molar-refractivity contribution in [2.45, 2.75) is 0 Å². The molecule has 0 aliphatic heterocycles. The Hall–Kier alpha value is -1.96. The summed E-state index contributed by atoms with van der Waals surface area (Å²) in [6, 6.07) is 11.2. The Bertz CT molecular complexity index is 746. The third-order valence-corrected chi connectivity index (χ3v) is 3.35. The Labute approximate surface area is 122 Å². The molecule has 1 aromatic carbocycles. The lowest BCUT2D eigenvalue weighted by molar-refractivity contribution is 0.786. The second-order valence-electron chi connectivity index (χ2n) is 3.90. The van der Waals surface area contributed by atoms with E-state index in [4.69, 9.17) is 0 Å². The molecule has 0 aliphatic carbocycles. The van der Waals surface area contributed by atoms with E-state index in [1.54, 1.807) is 24.5 Å². The maximum atomic E-state index is 11.9. The Morgan fingerprint density at radius 1 is 1.11 bits per heavy atom. The van der Waals surface area contributed by atoms with Crippen molar-refractivity contribution in [2.24, 2.45) is 0 Å². The minimum Gasteiger partial charge on any atom is -0.288 e. The molecule has 0 bridgehead atoms. The lowest BCUT2D eigenvalue weighted by Crippen LogP contribution is -2.15. The average molecular weight is 364 g/mol. The maximum Gasteiger partial charge on any atom is 0.274 e. The van der Waals surface area contributed by atoms with Crippen LogP contribution in [0.25, 0.3) is 17.2 Å². The highest BCUT2D eigenvalue weighted by molar-refractivity contribution is 14.1. The summed E-state index contributed by atoms with van der Waals surface area (Å²) in [5.74, 6) is 0.337. The van der Waals surface area contributed by atoms with E-state index < -0.39 is 0 Å². The van der Waals surface area contributed by atoms with Gasteiger partial charge in [-0.25, -0.2) is 9.97 Å². The molecule has 0 radical (unpaired) electrons. The number of hydrogen-bond acceptors (Lipinski definition) is 3. The van der Waals surface area contributed by atoms with E-state index in [-0.39, 0.29) is 5.56 Å². The average Bonchev–Trinajstić information content (AvgIpc) is 2.83. The first-order valence-electron chi connectivity index (χ1n) is 5.59. The molecule has 2 heterocycles. The molecule has 0 saturated heterocycles. The fraction of sp³-hybridized carbons (Fsp3) is 0. The van der Waals surface area contributed by atoms with E-state index in [9.17, 15) is 4.79 Å². The summed E-state index contributed by atoms with van der Waals surface area (Å²) in [5.41, 5.74) is 1.51. The first kappa shape index (κ1) is 12.1. The topological polar surface area (TPSA) is 63.6 Å². The van der Waals surface area contributed by atoms with Crippen molar-refractivity contribution in [1.29, 1.82) is 0 Å². The molecular weight excluding hydrogens is 355 g/mol. The first-order valence-corrected chi connectivity index (χ1v) is 6.67. The second kappa shape index (κ2) is 4.96. The van der Waals surface area contributed by atoms with E-state index in [0.29, 0.717) is 5.95 Å². The number of benzene rings is 1. The summed E-state index contributed by atoms with van der Waals surface area (Å²) in [7, 11) is 0. The van der Waals surface area contributed by atoms with Gasteiger partial charge in [0.25, 0.3) is 11.5 Å². The Kier molecular flexibility index (Phi) is 3.16. The fourth-order valence-corrected chi connectivity index (χ4v) is 2.09. The number of nitrogens with one attached hydrogen (secondary N) is 1. The van der Waals surface area contributed by atoms with Gasteiger partial charge in [-0.2, -0.15) is 4.68 Å². The maximum absolute atomic E-state index is 11.9. The molecule has 3 rings (SSSR count). The second-order valence-corrected chi connectivity index (χ2v) is 5.14. The smallest absolute Gasteiger partial charge is 0.274 e. The van der Waals surface area contributed by atoms with Gasteiger partial charge in [-0.1, -0.05) is 12.1 Å². The first-order chi connectivity index (χ1) is 9.24. The monoisotopic (exact) mass is 364 g/mol. The number of H-pyrrole nitrogens is 1. The summed E-state index contributed by atoms with van der Waals surface area (Å²) in [4.78, 5) is 20.0. The van der Waals surface area contributed by atoms with Crippen LogP contribution in [0.3, 0.4) is 0 Å². The summed E-state index contributed by atoms with van der Waals surface area (Å²) < 4.78 is 2.47. The highest BCUT2D eigenvalue weighted by Crippen LogP contribution is 2.17. The quantitative estimate of drug-likeness (QED) is 0.710.